The van der Waals surface area contributed by atoms with Crippen LogP contribution in [0.1, 0.15) is 40.9 Å². The Kier molecular flexibility index (Phi) is 5.09. The summed E-state index contributed by atoms with van der Waals surface area (Å²) in [5.41, 5.74) is 4.39. The molecule has 0 saturated carbocycles. The number of ketones is 1. The molecule has 0 aliphatic rings. The Balaban J connectivity index is 2.82. The van der Waals surface area contributed by atoms with Gasteiger partial charge in [0.1, 0.15) is 0 Å². The monoisotopic (exact) mass is 247 g/mol. The zero-order chi connectivity index (χ0) is 13.9. The van der Waals surface area contributed by atoms with Crippen molar-refractivity contribution in [3.8, 4) is 0 Å². The Morgan fingerprint density at radius 2 is 1.67 bits per heavy atom. The van der Waals surface area contributed by atoms with Crippen molar-refractivity contribution in [1.82, 2.24) is 4.90 Å². The molecule has 0 radical (unpaired) electrons. The lowest BCUT2D eigenvalue weighted by Crippen LogP contribution is -2.29. The topological polar surface area (TPSA) is 20.3 Å². The van der Waals surface area contributed by atoms with Crippen LogP contribution in [0, 0.1) is 26.7 Å². The number of benzene rings is 1. The van der Waals surface area contributed by atoms with Crippen molar-refractivity contribution in [3.05, 3.63) is 34.4 Å². The highest BCUT2D eigenvalue weighted by Crippen LogP contribution is 2.16. The van der Waals surface area contributed by atoms with Crippen LogP contribution in [0.2, 0.25) is 0 Å². The smallest absolute Gasteiger partial charge is 0.177 e. The minimum Gasteiger partial charge on any atom is -0.299 e. The van der Waals surface area contributed by atoms with Gasteiger partial charge in [0, 0.05) is 12.1 Å². The van der Waals surface area contributed by atoms with Gasteiger partial charge in [0.2, 0.25) is 0 Å². The molecule has 0 aliphatic heterocycles. The van der Waals surface area contributed by atoms with Gasteiger partial charge in [0.25, 0.3) is 0 Å². The van der Waals surface area contributed by atoms with Gasteiger partial charge in [-0.1, -0.05) is 19.9 Å². The van der Waals surface area contributed by atoms with E-state index in [4.69, 9.17) is 0 Å². The van der Waals surface area contributed by atoms with Crippen LogP contribution in [0.15, 0.2) is 12.1 Å². The molecule has 0 spiro atoms. The lowest BCUT2D eigenvalue weighted by Gasteiger charge is -2.19. The summed E-state index contributed by atoms with van der Waals surface area (Å²) < 4.78 is 0. The molecule has 0 unspecified atom stereocenters. The van der Waals surface area contributed by atoms with Crippen LogP contribution in [0.3, 0.4) is 0 Å². The number of likely N-dealkylation sites (N-methyl/N-ethyl adjacent to an activating group) is 1. The molecule has 0 heterocycles. The molecule has 0 aliphatic carbocycles. The molecule has 0 bridgehead atoms. The van der Waals surface area contributed by atoms with E-state index in [2.05, 4.69) is 38.7 Å². The number of rotatable bonds is 5. The number of nitrogens with zero attached hydrogens (tertiary/aromatic N) is 1. The highest BCUT2D eigenvalue weighted by molar-refractivity contribution is 5.99. The molecule has 2 heteroatoms. The number of hydrogen-bond donors (Lipinski definition) is 0. The second-order valence-corrected chi connectivity index (χ2v) is 5.77. The molecule has 2 nitrogen and oxygen atoms in total. The first kappa shape index (κ1) is 14.9. The first-order valence-corrected chi connectivity index (χ1v) is 6.60. The van der Waals surface area contributed by atoms with Crippen molar-refractivity contribution < 1.29 is 4.79 Å². The van der Waals surface area contributed by atoms with Crippen molar-refractivity contribution >= 4 is 5.78 Å². The highest BCUT2D eigenvalue weighted by atomic mass is 16.1. The standard InChI is InChI=1S/C16H25NO/c1-11(2)9-17(6)10-16(18)15-8-13(4)12(3)7-14(15)5/h7-8,11H,9-10H2,1-6H3. The van der Waals surface area contributed by atoms with Crippen LogP contribution in [-0.4, -0.2) is 30.8 Å². The van der Waals surface area contributed by atoms with Crippen molar-refractivity contribution in [2.24, 2.45) is 5.92 Å². The van der Waals surface area contributed by atoms with Gasteiger partial charge in [-0.2, -0.15) is 0 Å². The lowest BCUT2D eigenvalue weighted by atomic mass is 9.98. The quantitative estimate of drug-likeness (QED) is 0.743. The molecular formula is C16H25NO. The number of carbonyl (C=O) groups is 1. The molecule has 0 saturated heterocycles. The van der Waals surface area contributed by atoms with Gasteiger partial charge in [-0.25, -0.2) is 0 Å². The molecule has 1 rings (SSSR count). The van der Waals surface area contributed by atoms with Gasteiger partial charge in [-0.05, 0) is 56.5 Å². The molecule has 0 amide bonds. The molecule has 100 valence electrons. The molecule has 0 aromatic heterocycles. The minimum atomic E-state index is 0.221. The summed E-state index contributed by atoms with van der Waals surface area (Å²) in [5, 5.41) is 0. The minimum absolute atomic E-state index is 0.221. The van der Waals surface area contributed by atoms with Crippen LogP contribution >= 0.6 is 0 Å². The third kappa shape index (κ3) is 3.95. The molecule has 1 aromatic carbocycles. The number of Topliss-reactive ketones (excluding diaryl/α,β-unsaturated/α-hetero) is 1. The maximum Gasteiger partial charge on any atom is 0.177 e. The second-order valence-electron chi connectivity index (χ2n) is 5.77. The van der Waals surface area contributed by atoms with Gasteiger partial charge < -0.3 is 0 Å². The molecule has 0 N–H and O–H groups in total. The normalized spacial score (nSPS) is 11.3. The summed E-state index contributed by atoms with van der Waals surface area (Å²) in [6, 6.07) is 4.13. The number of carbonyl (C=O) groups excluding carboxylic acids is 1. The summed E-state index contributed by atoms with van der Waals surface area (Å²) in [4.78, 5) is 14.4. The van der Waals surface area contributed by atoms with E-state index >= 15 is 0 Å². The van der Waals surface area contributed by atoms with Gasteiger partial charge in [0.15, 0.2) is 5.78 Å². The lowest BCUT2D eigenvalue weighted by molar-refractivity contribution is 0.0940. The third-order valence-corrected chi connectivity index (χ3v) is 3.23. The maximum absolute atomic E-state index is 12.3. The fourth-order valence-corrected chi connectivity index (χ4v) is 2.28. The van der Waals surface area contributed by atoms with Crippen molar-refractivity contribution in [2.45, 2.75) is 34.6 Å². The SMILES string of the molecule is Cc1cc(C)c(C(=O)CN(C)CC(C)C)cc1C. The predicted molar refractivity (Wildman–Crippen MR) is 77.3 cm³/mol. The first-order chi connectivity index (χ1) is 8.31. The predicted octanol–water partition coefficient (Wildman–Crippen LogP) is 3.38. The Labute approximate surface area is 111 Å². The van der Waals surface area contributed by atoms with E-state index in [0.29, 0.717) is 12.5 Å². The zero-order valence-corrected chi connectivity index (χ0v) is 12.5. The fourth-order valence-electron chi connectivity index (χ4n) is 2.28. The Morgan fingerprint density at radius 3 is 2.22 bits per heavy atom. The highest BCUT2D eigenvalue weighted by Gasteiger charge is 2.13. The van der Waals surface area contributed by atoms with Gasteiger partial charge >= 0.3 is 0 Å². The molecule has 0 fully saturated rings. The summed E-state index contributed by atoms with van der Waals surface area (Å²) in [7, 11) is 2.01. The summed E-state index contributed by atoms with van der Waals surface area (Å²) in [6.45, 7) is 12.0. The Hall–Kier alpha value is -1.15. The average Bonchev–Trinajstić information content (AvgIpc) is 2.21. The van der Waals surface area contributed by atoms with E-state index < -0.39 is 0 Å². The van der Waals surface area contributed by atoms with Crippen LogP contribution in [0.5, 0.6) is 0 Å². The first-order valence-electron chi connectivity index (χ1n) is 6.60. The van der Waals surface area contributed by atoms with E-state index in [9.17, 15) is 4.79 Å². The van der Waals surface area contributed by atoms with Crippen LogP contribution in [-0.2, 0) is 0 Å². The van der Waals surface area contributed by atoms with E-state index in [1.165, 1.54) is 11.1 Å². The summed E-state index contributed by atoms with van der Waals surface area (Å²) >= 11 is 0. The molecule has 0 atom stereocenters. The van der Waals surface area contributed by atoms with Gasteiger partial charge in [-0.3, -0.25) is 9.69 Å². The van der Waals surface area contributed by atoms with Crippen LogP contribution in [0.25, 0.3) is 0 Å². The molecule has 18 heavy (non-hydrogen) atoms. The average molecular weight is 247 g/mol. The van der Waals surface area contributed by atoms with E-state index in [1.54, 1.807) is 0 Å². The van der Waals surface area contributed by atoms with Crippen molar-refractivity contribution in [1.29, 1.82) is 0 Å². The second kappa shape index (κ2) is 6.14. The summed E-state index contributed by atoms with van der Waals surface area (Å²) in [6.07, 6.45) is 0. The number of hydrogen-bond acceptors (Lipinski definition) is 2. The van der Waals surface area contributed by atoms with Crippen molar-refractivity contribution in [3.63, 3.8) is 0 Å². The maximum atomic E-state index is 12.3. The summed E-state index contributed by atoms with van der Waals surface area (Å²) in [5.74, 6) is 0.808. The van der Waals surface area contributed by atoms with Crippen LogP contribution < -0.4 is 0 Å². The fraction of sp³-hybridized carbons (Fsp3) is 0.562. The van der Waals surface area contributed by atoms with Gasteiger partial charge in [0.05, 0.1) is 6.54 Å². The van der Waals surface area contributed by atoms with Gasteiger partial charge in [-0.15, -0.1) is 0 Å². The Bertz CT molecular complexity index is 435. The van der Waals surface area contributed by atoms with E-state index in [0.717, 1.165) is 17.7 Å². The zero-order valence-electron chi connectivity index (χ0n) is 12.5. The third-order valence-electron chi connectivity index (χ3n) is 3.23. The van der Waals surface area contributed by atoms with Crippen molar-refractivity contribution in [2.75, 3.05) is 20.1 Å². The molecule has 1 aromatic rings. The largest absolute Gasteiger partial charge is 0.299 e. The number of aryl methyl sites for hydroxylation is 3. The Morgan fingerprint density at radius 1 is 1.11 bits per heavy atom. The van der Waals surface area contributed by atoms with Crippen LogP contribution in [0.4, 0.5) is 0 Å². The molecular weight excluding hydrogens is 222 g/mol. The van der Waals surface area contributed by atoms with E-state index in [1.807, 2.05) is 20.0 Å². The van der Waals surface area contributed by atoms with E-state index in [-0.39, 0.29) is 5.78 Å².